The summed E-state index contributed by atoms with van der Waals surface area (Å²) in [5.74, 6) is 0.388. The van der Waals surface area contributed by atoms with Crippen molar-refractivity contribution < 1.29 is 0 Å². The fraction of sp³-hybridized carbons (Fsp3) is 0.100. The van der Waals surface area contributed by atoms with Crippen LogP contribution in [0.15, 0.2) is 134 Å². The molecule has 7 aromatic rings. The van der Waals surface area contributed by atoms with Crippen LogP contribution in [0.2, 0.25) is 0 Å². The number of aryl methyl sites for hydroxylation is 1. The second kappa shape index (κ2) is 9.22. The molecule has 0 saturated heterocycles. The Morgan fingerprint density at radius 3 is 2.21 bits per heavy atom. The maximum atomic E-state index is 2.55. The molecule has 9 rings (SSSR count). The van der Waals surface area contributed by atoms with Crippen LogP contribution in [0.3, 0.4) is 0 Å². The molecule has 0 N–H and O–H groups in total. The average Bonchev–Trinajstić information content (AvgIpc) is 3.58. The molecule has 0 radical (unpaired) electrons. The van der Waals surface area contributed by atoms with E-state index in [1.54, 1.807) is 0 Å². The highest BCUT2D eigenvalue weighted by atomic mass is 15.0. The molecule has 2 nitrogen and oxygen atoms in total. The zero-order chi connectivity index (χ0) is 27.6. The number of para-hydroxylation sites is 3. The normalized spacial score (nSPS) is 16.2. The van der Waals surface area contributed by atoms with E-state index in [1.165, 1.54) is 71.7 Å². The highest BCUT2D eigenvalue weighted by Gasteiger charge is 2.23. The van der Waals surface area contributed by atoms with Crippen LogP contribution >= 0.6 is 0 Å². The van der Waals surface area contributed by atoms with Crippen LogP contribution in [0.1, 0.15) is 35.4 Å². The summed E-state index contributed by atoms with van der Waals surface area (Å²) in [7, 11) is 0. The molecule has 1 unspecified atom stereocenters. The Hall–Kier alpha value is -5.08. The molecule has 0 aliphatic heterocycles. The van der Waals surface area contributed by atoms with E-state index in [4.69, 9.17) is 0 Å². The molecule has 0 spiro atoms. The van der Waals surface area contributed by atoms with Crippen molar-refractivity contribution in [3.63, 3.8) is 0 Å². The monoisotopic (exact) mass is 538 g/mol. The first-order chi connectivity index (χ1) is 20.9. The molecular weight excluding hydrogens is 508 g/mol. The van der Waals surface area contributed by atoms with Gasteiger partial charge in [0.05, 0.1) is 22.1 Å². The zero-order valence-corrected chi connectivity index (χ0v) is 23.4. The third kappa shape index (κ3) is 3.39. The minimum absolute atomic E-state index is 0.388. The molecule has 2 aliphatic carbocycles. The van der Waals surface area contributed by atoms with Gasteiger partial charge in [-0.05, 0) is 78.4 Å². The number of benzene rings is 5. The van der Waals surface area contributed by atoms with Gasteiger partial charge in [0.25, 0.3) is 0 Å². The lowest BCUT2D eigenvalue weighted by Crippen LogP contribution is -2.07. The van der Waals surface area contributed by atoms with Gasteiger partial charge in [0.1, 0.15) is 0 Å². The van der Waals surface area contributed by atoms with Crippen molar-refractivity contribution >= 4 is 49.7 Å². The van der Waals surface area contributed by atoms with Crippen molar-refractivity contribution in [2.24, 2.45) is 0 Å². The Balaban J connectivity index is 1.44. The second-order valence-corrected chi connectivity index (χ2v) is 11.6. The third-order valence-corrected chi connectivity index (χ3v) is 9.27. The van der Waals surface area contributed by atoms with Crippen LogP contribution in [0, 0.1) is 0 Å². The SMILES string of the molecule is C1=CCC(c2cc(-n3c4ccccc4c4ccc5c(c6ccccc6n5-c5ccccc5)c43)cc3c2C=CCC3)C=C1. The molecular formula is C40H30N2. The predicted molar refractivity (Wildman–Crippen MR) is 178 cm³/mol. The Morgan fingerprint density at radius 1 is 0.595 bits per heavy atom. The molecule has 42 heavy (non-hydrogen) atoms. The average molecular weight is 539 g/mol. The van der Waals surface area contributed by atoms with Crippen molar-refractivity contribution in [3.8, 4) is 11.4 Å². The zero-order valence-electron chi connectivity index (χ0n) is 23.4. The molecule has 2 aromatic heterocycles. The summed E-state index contributed by atoms with van der Waals surface area (Å²) in [6.45, 7) is 0. The topological polar surface area (TPSA) is 9.86 Å². The predicted octanol–water partition coefficient (Wildman–Crippen LogP) is 10.4. The quantitative estimate of drug-likeness (QED) is 0.212. The lowest BCUT2D eigenvalue weighted by atomic mass is 9.83. The maximum Gasteiger partial charge on any atom is 0.0641 e. The first kappa shape index (κ1) is 23.6. The van der Waals surface area contributed by atoms with E-state index in [2.05, 4.69) is 149 Å². The van der Waals surface area contributed by atoms with Gasteiger partial charge in [-0.2, -0.15) is 0 Å². The number of rotatable bonds is 3. The van der Waals surface area contributed by atoms with E-state index in [0.717, 1.165) is 19.3 Å². The van der Waals surface area contributed by atoms with Gasteiger partial charge in [-0.3, -0.25) is 0 Å². The molecule has 0 fully saturated rings. The van der Waals surface area contributed by atoms with Crippen molar-refractivity contribution in [1.29, 1.82) is 0 Å². The minimum atomic E-state index is 0.388. The van der Waals surface area contributed by atoms with Gasteiger partial charge < -0.3 is 9.13 Å². The van der Waals surface area contributed by atoms with E-state index in [9.17, 15) is 0 Å². The van der Waals surface area contributed by atoms with E-state index in [0.29, 0.717) is 5.92 Å². The third-order valence-electron chi connectivity index (χ3n) is 9.27. The number of hydrogen-bond donors (Lipinski definition) is 0. The van der Waals surface area contributed by atoms with Gasteiger partial charge in [-0.25, -0.2) is 0 Å². The van der Waals surface area contributed by atoms with Crippen LogP contribution in [-0.4, -0.2) is 9.13 Å². The first-order valence-corrected chi connectivity index (χ1v) is 15.0. The molecule has 0 amide bonds. The molecule has 5 aromatic carbocycles. The molecule has 2 aliphatic rings. The summed E-state index contributed by atoms with van der Waals surface area (Å²) in [5.41, 5.74) is 11.8. The van der Waals surface area contributed by atoms with Crippen molar-refractivity contribution in [1.82, 2.24) is 9.13 Å². The van der Waals surface area contributed by atoms with Gasteiger partial charge >= 0.3 is 0 Å². The lowest BCUT2D eigenvalue weighted by Gasteiger charge is -2.23. The molecule has 1 atom stereocenters. The Labute approximate surface area is 245 Å². The molecule has 200 valence electrons. The number of aromatic nitrogens is 2. The summed E-state index contributed by atoms with van der Waals surface area (Å²) in [6.07, 6.45) is 17.0. The van der Waals surface area contributed by atoms with Gasteiger partial charge in [-0.1, -0.05) is 97.1 Å². The summed E-state index contributed by atoms with van der Waals surface area (Å²) in [5, 5.41) is 5.19. The van der Waals surface area contributed by atoms with E-state index >= 15 is 0 Å². The first-order valence-electron chi connectivity index (χ1n) is 15.0. The lowest BCUT2D eigenvalue weighted by molar-refractivity contribution is 0.839. The van der Waals surface area contributed by atoms with E-state index in [-0.39, 0.29) is 0 Å². The van der Waals surface area contributed by atoms with Crippen LogP contribution in [0.5, 0.6) is 0 Å². The van der Waals surface area contributed by atoms with Crippen molar-refractivity contribution in [3.05, 3.63) is 150 Å². The molecule has 0 bridgehead atoms. The number of nitrogens with zero attached hydrogens (tertiary/aromatic N) is 2. The molecule has 2 heteroatoms. The molecule has 2 heterocycles. The van der Waals surface area contributed by atoms with Crippen LogP contribution in [0.25, 0.3) is 61.1 Å². The van der Waals surface area contributed by atoms with Crippen LogP contribution in [-0.2, 0) is 6.42 Å². The van der Waals surface area contributed by atoms with Gasteiger partial charge in [0.15, 0.2) is 0 Å². The Kier molecular flexibility index (Phi) is 5.18. The standard InChI is InChI=1S/C40H30N2/c1-3-13-27(14-4-1)35-26-30(25-28-15-7-8-18-31(28)35)42-36-21-11-9-19-32(36)33-23-24-38-39(40(33)42)34-20-10-12-22-37(34)41(38)29-16-5-2-6-17-29/h1-6,8-13,16-27H,7,14-15H2. The highest BCUT2D eigenvalue weighted by Crippen LogP contribution is 2.43. The Morgan fingerprint density at radius 2 is 1.38 bits per heavy atom. The van der Waals surface area contributed by atoms with Crippen LogP contribution < -0.4 is 0 Å². The maximum absolute atomic E-state index is 2.55. The number of fused-ring (bicyclic) bond motifs is 8. The van der Waals surface area contributed by atoms with Gasteiger partial charge in [-0.15, -0.1) is 0 Å². The Bertz CT molecular complexity index is 2270. The van der Waals surface area contributed by atoms with E-state index < -0.39 is 0 Å². The van der Waals surface area contributed by atoms with Crippen molar-refractivity contribution in [2.75, 3.05) is 0 Å². The smallest absolute Gasteiger partial charge is 0.0641 e. The van der Waals surface area contributed by atoms with Gasteiger partial charge in [0.2, 0.25) is 0 Å². The molecule has 0 saturated carbocycles. The van der Waals surface area contributed by atoms with E-state index in [1.807, 2.05) is 0 Å². The number of allylic oxidation sites excluding steroid dienone is 5. The highest BCUT2D eigenvalue weighted by molar-refractivity contribution is 6.26. The van der Waals surface area contributed by atoms with Crippen LogP contribution in [0.4, 0.5) is 0 Å². The fourth-order valence-electron chi connectivity index (χ4n) is 7.45. The minimum Gasteiger partial charge on any atom is -0.309 e. The summed E-state index contributed by atoms with van der Waals surface area (Å²) < 4.78 is 4.98. The summed E-state index contributed by atoms with van der Waals surface area (Å²) in [4.78, 5) is 0. The van der Waals surface area contributed by atoms with Gasteiger partial charge in [0, 0.05) is 38.8 Å². The summed E-state index contributed by atoms with van der Waals surface area (Å²) >= 11 is 0. The fourth-order valence-corrected chi connectivity index (χ4v) is 7.45. The summed E-state index contributed by atoms with van der Waals surface area (Å²) in [6, 6.07) is 38.2. The number of hydrogen-bond acceptors (Lipinski definition) is 0. The second-order valence-electron chi connectivity index (χ2n) is 11.6. The van der Waals surface area contributed by atoms with Crippen molar-refractivity contribution in [2.45, 2.75) is 25.2 Å². The largest absolute Gasteiger partial charge is 0.309 e.